The lowest BCUT2D eigenvalue weighted by Gasteiger charge is -2.36. The Hall–Kier alpha value is -0.320. The molecule has 0 amide bonds. The largest absolute Gasteiger partial charge is 0.354 e. The Bertz CT molecular complexity index is 417. The molecule has 2 rings (SSSR count). The molecule has 0 saturated carbocycles. The van der Waals surface area contributed by atoms with E-state index in [0.717, 1.165) is 48.0 Å². The van der Waals surface area contributed by atoms with Crippen LogP contribution in [-0.2, 0) is 5.88 Å². The highest BCUT2D eigenvalue weighted by atomic mass is 79.9. The van der Waals surface area contributed by atoms with Gasteiger partial charge in [0.25, 0.3) is 0 Å². The van der Waals surface area contributed by atoms with Gasteiger partial charge in [-0.15, -0.1) is 11.6 Å². The standard InChI is InChI=1S/C14H21BrClN3/c1-11(2)10-18-3-5-19(6-4-18)14-12(8-16)7-13(15)9-17-14/h7,9,11H,3-6,8,10H2,1-2H3. The molecular formula is C14H21BrClN3. The van der Waals surface area contributed by atoms with Crippen molar-refractivity contribution in [2.75, 3.05) is 37.6 Å². The first-order chi connectivity index (χ1) is 9.10. The number of alkyl halides is 1. The molecule has 106 valence electrons. The van der Waals surface area contributed by atoms with Crippen LogP contribution in [0.25, 0.3) is 0 Å². The van der Waals surface area contributed by atoms with Gasteiger partial charge >= 0.3 is 0 Å². The van der Waals surface area contributed by atoms with Gasteiger partial charge in [0.2, 0.25) is 0 Å². The van der Waals surface area contributed by atoms with E-state index in [-0.39, 0.29) is 0 Å². The molecule has 0 N–H and O–H groups in total. The third-order valence-electron chi connectivity index (χ3n) is 3.35. The molecule has 1 aromatic rings. The average Bonchev–Trinajstić information content (AvgIpc) is 2.39. The van der Waals surface area contributed by atoms with Gasteiger partial charge in [0, 0.05) is 49.0 Å². The molecule has 19 heavy (non-hydrogen) atoms. The van der Waals surface area contributed by atoms with E-state index in [1.165, 1.54) is 6.54 Å². The minimum absolute atomic E-state index is 0.508. The van der Waals surface area contributed by atoms with Crippen LogP contribution < -0.4 is 4.90 Å². The van der Waals surface area contributed by atoms with Crippen molar-refractivity contribution in [2.24, 2.45) is 5.92 Å². The molecule has 0 radical (unpaired) electrons. The fourth-order valence-corrected chi connectivity index (χ4v) is 3.09. The molecule has 0 atom stereocenters. The summed E-state index contributed by atoms with van der Waals surface area (Å²) < 4.78 is 0.991. The number of aromatic nitrogens is 1. The van der Waals surface area contributed by atoms with Gasteiger partial charge in [0.15, 0.2) is 0 Å². The van der Waals surface area contributed by atoms with E-state index >= 15 is 0 Å². The van der Waals surface area contributed by atoms with E-state index in [1.54, 1.807) is 0 Å². The quantitative estimate of drug-likeness (QED) is 0.779. The SMILES string of the molecule is CC(C)CN1CCN(c2ncc(Br)cc2CCl)CC1. The number of rotatable bonds is 4. The second-order valence-corrected chi connectivity index (χ2v) is 6.63. The van der Waals surface area contributed by atoms with Crippen molar-refractivity contribution in [3.05, 3.63) is 22.3 Å². The fraction of sp³-hybridized carbons (Fsp3) is 0.643. The summed E-state index contributed by atoms with van der Waals surface area (Å²) in [6, 6.07) is 2.07. The molecule has 2 heterocycles. The molecule has 0 aromatic carbocycles. The summed E-state index contributed by atoms with van der Waals surface area (Å²) in [5.74, 6) is 2.28. The van der Waals surface area contributed by atoms with Crippen molar-refractivity contribution < 1.29 is 0 Å². The summed E-state index contributed by atoms with van der Waals surface area (Å²) in [5.41, 5.74) is 1.10. The molecule has 5 heteroatoms. The Morgan fingerprint density at radius 2 is 2.00 bits per heavy atom. The summed E-state index contributed by atoms with van der Waals surface area (Å²) in [6.07, 6.45) is 1.85. The van der Waals surface area contributed by atoms with E-state index in [4.69, 9.17) is 11.6 Å². The van der Waals surface area contributed by atoms with Gasteiger partial charge in [-0.2, -0.15) is 0 Å². The molecule has 0 unspecified atom stereocenters. The second-order valence-electron chi connectivity index (χ2n) is 5.45. The van der Waals surface area contributed by atoms with Crippen molar-refractivity contribution in [1.82, 2.24) is 9.88 Å². The van der Waals surface area contributed by atoms with Crippen molar-refractivity contribution in [3.63, 3.8) is 0 Å². The van der Waals surface area contributed by atoms with E-state index in [0.29, 0.717) is 5.88 Å². The normalized spacial score (nSPS) is 17.2. The van der Waals surface area contributed by atoms with Crippen LogP contribution in [-0.4, -0.2) is 42.6 Å². The van der Waals surface area contributed by atoms with Crippen LogP contribution in [0.5, 0.6) is 0 Å². The van der Waals surface area contributed by atoms with Gasteiger partial charge in [0.05, 0.1) is 5.88 Å². The predicted octanol–water partition coefficient (Wildman–Crippen LogP) is 3.36. The lowest BCUT2D eigenvalue weighted by atomic mass is 10.2. The maximum Gasteiger partial charge on any atom is 0.133 e. The van der Waals surface area contributed by atoms with Gasteiger partial charge in [-0.25, -0.2) is 4.98 Å². The minimum Gasteiger partial charge on any atom is -0.354 e. The van der Waals surface area contributed by atoms with E-state index in [1.807, 2.05) is 6.20 Å². The van der Waals surface area contributed by atoms with Crippen LogP contribution in [0.1, 0.15) is 19.4 Å². The number of hydrogen-bond acceptors (Lipinski definition) is 3. The Kier molecular flexibility index (Phi) is 5.48. The maximum absolute atomic E-state index is 6.02. The van der Waals surface area contributed by atoms with Gasteiger partial charge in [-0.05, 0) is 27.9 Å². The van der Waals surface area contributed by atoms with Crippen LogP contribution in [0.15, 0.2) is 16.7 Å². The number of piperazine rings is 1. The first kappa shape index (κ1) is 15.1. The maximum atomic E-state index is 6.02. The Labute approximate surface area is 129 Å². The third-order valence-corrected chi connectivity index (χ3v) is 4.07. The smallest absolute Gasteiger partial charge is 0.133 e. The highest BCUT2D eigenvalue weighted by molar-refractivity contribution is 9.10. The van der Waals surface area contributed by atoms with Gasteiger partial charge in [-0.3, -0.25) is 4.90 Å². The van der Waals surface area contributed by atoms with E-state index < -0.39 is 0 Å². The Morgan fingerprint density at radius 3 is 2.58 bits per heavy atom. The number of pyridine rings is 1. The molecule has 1 saturated heterocycles. The number of hydrogen-bond donors (Lipinski definition) is 0. The third kappa shape index (κ3) is 4.07. The molecule has 0 bridgehead atoms. The summed E-state index contributed by atoms with van der Waals surface area (Å²) in [6.45, 7) is 10.0. The number of anilines is 1. The molecule has 3 nitrogen and oxygen atoms in total. The highest BCUT2D eigenvalue weighted by Crippen LogP contribution is 2.24. The lowest BCUT2D eigenvalue weighted by molar-refractivity contribution is 0.231. The van der Waals surface area contributed by atoms with Crippen molar-refractivity contribution in [2.45, 2.75) is 19.7 Å². The number of nitrogens with zero attached hydrogens (tertiary/aromatic N) is 3. The minimum atomic E-state index is 0.508. The number of halogens is 2. The first-order valence-corrected chi connectivity index (χ1v) is 8.10. The summed E-state index contributed by atoms with van der Waals surface area (Å²) in [7, 11) is 0. The highest BCUT2D eigenvalue weighted by Gasteiger charge is 2.20. The summed E-state index contributed by atoms with van der Waals surface area (Å²) in [5, 5.41) is 0. The zero-order valence-electron chi connectivity index (χ0n) is 11.6. The Balaban J connectivity index is 2.01. The van der Waals surface area contributed by atoms with Crippen LogP contribution in [0.3, 0.4) is 0 Å². The van der Waals surface area contributed by atoms with Crippen LogP contribution in [0.2, 0.25) is 0 Å². The topological polar surface area (TPSA) is 19.4 Å². The van der Waals surface area contributed by atoms with Crippen molar-refractivity contribution in [1.29, 1.82) is 0 Å². The molecule has 0 aliphatic carbocycles. The zero-order chi connectivity index (χ0) is 13.8. The average molecular weight is 347 g/mol. The van der Waals surface area contributed by atoms with Gasteiger partial charge in [0.1, 0.15) is 5.82 Å². The zero-order valence-corrected chi connectivity index (χ0v) is 13.9. The Morgan fingerprint density at radius 1 is 1.32 bits per heavy atom. The summed E-state index contributed by atoms with van der Waals surface area (Å²) >= 11 is 9.47. The van der Waals surface area contributed by atoms with Crippen LogP contribution >= 0.6 is 27.5 Å². The molecule has 1 aliphatic heterocycles. The van der Waals surface area contributed by atoms with Crippen molar-refractivity contribution >= 4 is 33.3 Å². The van der Waals surface area contributed by atoms with E-state index in [2.05, 4.69) is 50.6 Å². The van der Waals surface area contributed by atoms with Crippen LogP contribution in [0.4, 0.5) is 5.82 Å². The van der Waals surface area contributed by atoms with Crippen LogP contribution in [0, 0.1) is 5.92 Å². The molecular weight excluding hydrogens is 326 g/mol. The fourth-order valence-electron chi connectivity index (χ4n) is 2.52. The second kappa shape index (κ2) is 6.91. The van der Waals surface area contributed by atoms with Gasteiger partial charge in [-0.1, -0.05) is 13.8 Å². The van der Waals surface area contributed by atoms with E-state index in [9.17, 15) is 0 Å². The molecule has 0 spiro atoms. The lowest BCUT2D eigenvalue weighted by Crippen LogP contribution is -2.47. The predicted molar refractivity (Wildman–Crippen MR) is 85.0 cm³/mol. The first-order valence-electron chi connectivity index (χ1n) is 6.78. The van der Waals surface area contributed by atoms with Crippen molar-refractivity contribution in [3.8, 4) is 0 Å². The monoisotopic (exact) mass is 345 g/mol. The molecule has 1 aromatic heterocycles. The van der Waals surface area contributed by atoms with Gasteiger partial charge < -0.3 is 4.90 Å². The summed E-state index contributed by atoms with van der Waals surface area (Å²) in [4.78, 5) is 9.41. The molecule has 1 aliphatic rings. The molecule has 1 fully saturated rings.